The number of nitrogens with one attached hydrogen (secondary N) is 2. The minimum absolute atomic E-state index is 0. The second kappa shape index (κ2) is 10.5. The van der Waals surface area contributed by atoms with Crippen LogP contribution in [0.25, 0.3) is 0 Å². The number of hydrogen-bond donors (Lipinski definition) is 2. The van der Waals surface area contributed by atoms with Crippen LogP contribution in [0.2, 0.25) is 0 Å². The fourth-order valence-corrected chi connectivity index (χ4v) is 6.60. The molecule has 2 aromatic rings. The average molecular weight is 496 g/mol. The molecule has 0 unspecified atom stereocenters. The summed E-state index contributed by atoms with van der Waals surface area (Å²) in [6.07, 6.45) is 9.92. The molecule has 1 aromatic heterocycles. The monoisotopic (exact) mass is 495 g/mol. The van der Waals surface area contributed by atoms with Crippen molar-refractivity contribution in [3.8, 4) is 0 Å². The molecule has 3 aliphatic rings. The van der Waals surface area contributed by atoms with Crippen LogP contribution < -0.4 is 43.9 Å². The van der Waals surface area contributed by atoms with E-state index in [2.05, 4.69) is 26.1 Å². The third kappa shape index (κ3) is 5.11. The van der Waals surface area contributed by atoms with Crippen molar-refractivity contribution in [2.24, 2.45) is 0 Å². The van der Waals surface area contributed by atoms with Gasteiger partial charge in [0.25, 0.3) is 0 Å². The number of carbonyl (C=O) groups excluding carboxylic acids is 1. The molecule has 1 aromatic carbocycles. The molecule has 5 rings (SSSR count). The van der Waals surface area contributed by atoms with Gasteiger partial charge in [0, 0.05) is 18.9 Å². The first-order chi connectivity index (χ1) is 15.9. The molecule has 178 valence electrons. The molecule has 0 atom stereocenters. The number of ether oxygens (including phenoxy) is 1. The number of hydrogen-bond acceptors (Lipinski definition) is 6. The molecule has 9 nitrogen and oxygen atoms in total. The Morgan fingerprint density at radius 2 is 1.65 bits per heavy atom. The van der Waals surface area contributed by atoms with E-state index < -0.39 is 16.2 Å². The molecular weight excluding hydrogens is 465 g/mol. The van der Waals surface area contributed by atoms with Crippen molar-refractivity contribution in [3.63, 3.8) is 0 Å². The second-order valence-corrected chi connectivity index (χ2v) is 10.5. The smallest absolute Gasteiger partial charge is 1.00 e. The molecular formula is C23H30N5NaO4S. The van der Waals surface area contributed by atoms with Gasteiger partial charge in [0.15, 0.2) is 0 Å². The van der Waals surface area contributed by atoms with E-state index in [4.69, 9.17) is 4.74 Å². The van der Waals surface area contributed by atoms with Gasteiger partial charge in [-0.15, -0.1) is 0 Å². The van der Waals surface area contributed by atoms with Crippen molar-refractivity contribution in [1.29, 1.82) is 0 Å². The molecule has 0 radical (unpaired) electrons. The molecule has 1 aliphatic heterocycles. The van der Waals surface area contributed by atoms with Gasteiger partial charge < -0.3 is 11.5 Å². The van der Waals surface area contributed by atoms with E-state index in [0.717, 1.165) is 55.3 Å². The SMILES string of the molecule is Cc1ncc(N(C2CCOCC2)S(=O)(=O)NC(=O)Nc2c3c(cc4c2CCC4)CCC3)cn1.[H-].[Na+]. The molecule has 2 heterocycles. The third-order valence-corrected chi connectivity index (χ3v) is 8.21. The van der Waals surface area contributed by atoms with Crippen molar-refractivity contribution in [1.82, 2.24) is 14.7 Å². The Balaban J connectivity index is 0.00000171. The maximum absolute atomic E-state index is 13.4. The summed E-state index contributed by atoms with van der Waals surface area (Å²) in [5.74, 6) is 0.542. The van der Waals surface area contributed by atoms with Gasteiger partial charge in [-0.25, -0.2) is 23.8 Å². The number of benzene rings is 1. The van der Waals surface area contributed by atoms with Gasteiger partial charge in [0.1, 0.15) is 5.82 Å². The number of carbonyl (C=O) groups is 1. The number of fused-ring (bicyclic) bond motifs is 2. The van der Waals surface area contributed by atoms with Crippen LogP contribution in [-0.2, 0) is 40.6 Å². The van der Waals surface area contributed by atoms with Crippen molar-refractivity contribution < 1.29 is 48.9 Å². The van der Waals surface area contributed by atoms with Gasteiger partial charge in [-0.3, -0.25) is 0 Å². The molecule has 0 bridgehead atoms. The van der Waals surface area contributed by atoms with Crippen LogP contribution in [0.3, 0.4) is 0 Å². The Bertz CT molecular complexity index is 1140. The van der Waals surface area contributed by atoms with Gasteiger partial charge in [-0.05, 0) is 80.5 Å². The van der Waals surface area contributed by atoms with Crippen molar-refractivity contribution >= 4 is 27.6 Å². The predicted octanol–water partition coefficient (Wildman–Crippen LogP) is -0.0692. The molecule has 1 saturated heterocycles. The number of amides is 2. The first kappa shape index (κ1) is 25.4. The Morgan fingerprint density at radius 1 is 1.06 bits per heavy atom. The summed E-state index contributed by atoms with van der Waals surface area (Å²) in [6.45, 7) is 2.65. The molecule has 34 heavy (non-hydrogen) atoms. The van der Waals surface area contributed by atoms with Crippen LogP contribution >= 0.6 is 0 Å². The summed E-state index contributed by atoms with van der Waals surface area (Å²) < 4.78 is 35.8. The molecule has 2 amide bonds. The van der Waals surface area contributed by atoms with Crippen LogP contribution in [-0.4, -0.2) is 43.7 Å². The van der Waals surface area contributed by atoms with E-state index >= 15 is 0 Å². The summed E-state index contributed by atoms with van der Waals surface area (Å²) >= 11 is 0. The average Bonchev–Trinajstić information content (AvgIpc) is 3.45. The minimum atomic E-state index is -4.20. The van der Waals surface area contributed by atoms with Crippen LogP contribution in [0.4, 0.5) is 16.2 Å². The third-order valence-electron chi connectivity index (χ3n) is 6.74. The summed E-state index contributed by atoms with van der Waals surface area (Å²) in [5.41, 5.74) is 5.98. The van der Waals surface area contributed by atoms with Crippen LogP contribution in [0.15, 0.2) is 18.5 Å². The minimum Gasteiger partial charge on any atom is -1.00 e. The normalized spacial score (nSPS) is 17.4. The van der Waals surface area contributed by atoms with E-state index in [0.29, 0.717) is 37.6 Å². The van der Waals surface area contributed by atoms with Gasteiger partial charge >= 0.3 is 45.8 Å². The van der Waals surface area contributed by atoms with E-state index in [-0.39, 0.29) is 37.0 Å². The van der Waals surface area contributed by atoms with E-state index in [1.165, 1.54) is 27.8 Å². The van der Waals surface area contributed by atoms with E-state index in [1.807, 2.05) is 0 Å². The van der Waals surface area contributed by atoms with Crippen LogP contribution in [0, 0.1) is 6.92 Å². The van der Waals surface area contributed by atoms with Crippen LogP contribution in [0.1, 0.15) is 55.2 Å². The van der Waals surface area contributed by atoms with E-state index in [9.17, 15) is 13.2 Å². The fourth-order valence-electron chi connectivity index (χ4n) is 5.24. The Hall–Kier alpha value is -1.72. The maximum Gasteiger partial charge on any atom is 1.00 e. The zero-order chi connectivity index (χ0) is 23.0. The molecule has 0 saturated carbocycles. The summed E-state index contributed by atoms with van der Waals surface area (Å²) in [7, 11) is -4.20. The standard InChI is InChI=1S/C23H29N5O4S.Na.H/c1-15-24-13-19(14-25-15)28(18-8-10-32-11-9-18)33(30,31)27-23(29)26-22-20-6-2-4-16(20)12-17-5-3-7-21(17)22;;/h12-14,18H,2-11H2,1H3,(H2,26,27,29);;/q;+1;-1. The van der Waals surface area contributed by atoms with Gasteiger partial charge in [-0.1, -0.05) is 6.07 Å². The van der Waals surface area contributed by atoms with Crippen LogP contribution in [0.5, 0.6) is 0 Å². The zero-order valence-electron chi connectivity index (χ0n) is 20.8. The number of aromatic nitrogens is 2. The molecule has 1 fully saturated rings. The Kier molecular flexibility index (Phi) is 7.83. The zero-order valence-corrected chi connectivity index (χ0v) is 22.6. The van der Waals surface area contributed by atoms with Gasteiger partial charge in [0.2, 0.25) is 0 Å². The van der Waals surface area contributed by atoms with Gasteiger partial charge in [-0.2, -0.15) is 8.42 Å². The predicted molar refractivity (Wildman–Crippen MR) is 126 cm³/mol. The van der Waals surface area contributed by atoms with Crippen molar-refractivity contribution in [3.05, 3.63) is 46.5 Å². The number of rotatable bonds is 5. The first-order valence-corrected chi connectivity index (χ1v) is 13.0. The first-order valence-electron chi connectivity index (χ1n) is 11.6. The number of aryl methyl sites for hydroxylation is 3. The topological polar surface area (TPSA) is 114 Å². The quantitative estimate of drug-likeness (QED) is 0.562. The largest absolute Gasteiger partial charge is 1.00 e. The number of anilines is 2. The Morgan fingerprint density at radius 3 is 2.24 bits per heavy atom. The van der Waals surface area contributed by atoms with E-state index in [1.54, 1.807) is 6.92 Å². The molecule has 11 heteroatoms. The molecule has 2 aliphatic carbocycles. The Labute approximate surface area is 224 Å². The second-order valence-electron chi connectivity index (χ2n) is 8.92. The van der Waals surface area contributed by atoms with Crippen molar-refractivity contribution in [2.45, 2.75) is 64.3 Å². The number of nitrogens with zero attached hydrogens (tertiary/aromatic N) is 3. The summed E-state index contributed by atoms with van der Waals surface area (Å²) in [5, 5.41) is 2.91. The fraction of sp³-hybridized carbons (Fsp3) is 0.522. The van der Waals surface area contributed by atoms with Crippen molar-refractivity contribution in [2.75, 3.05) is 22.8 Å². The van der Waals surface area contributed by atoms with Gasteiger partial charge in [0.05, 0.1) is 24.1 Å². The maximum atomic E-state index is 13.4. The summed E-state index contributed by atoms with van der Waals surface area (Å²) in [6, 6.07) is 1.18. The molecule has 2 N–H and O–H groups in total. The summed E-state index contributed by atoms with van der Waals surface area (Å²) in [4.78, 5) is 21.3. The number of urea groups is 1. The molecule has 0 spiro atoms.